The predicted molar refractivity (Wildman–Crippen MR) is 126 cm³/mol. The Morgan fingerprint density at radius 2 is 2.12 bits per heavy atom. The molecule has 34 heavy (non-hydrogen) atoms. The Morgan fingerprint density at radius 3 is 2.91 bits per heavy atom. The maximum absolute atomic E-state index is 12.5. The summed E-state index contributed by atoms with van der Waals surface area (Å²) in [5.41, 5.74) is 1.18. The van der Waals surface area contributed by atoms with E-state index in [2.05, 4.69) is 20.3 Å². The first-order valence-corrected chi connectivity index (χ1v) is 11.6. The number of imidazole rings is 1. The van der Waals surface area contributed by atoms with Crippen molar-refractivity contribution in [3.05, 3.63) is 60.0 Å². The van der Waals surface area contributed by atoms with Crippen molar-refractivity contribution in [2.45, 2.75) is 18.6 Å². The summed E-state index contributed by atoms with van der Waals surface area (Å²) < 4.78 is 14.1. The molecular formula is C23H22FN7O2S. The van der Waals surface area contributed by atoms with E-state index in [4.69, 9.17) is 4.98 Å². The molecule has 1 saturated heterocycles. The maximum Gasteiger partial charge on any atom is 0.258 e. The van der Waals surface area contributed by atoms with Crippen molar-refractivity contribution in [3.8, 4) is 22.0 Å². The number of anilines is 2. The number of carbonyl (C=O) groups excluding carboxylic acids is 1. The van der Waals surface area contributed by atoms with Gasteiger partial charge < -0.3 is 19.9 Å². The van der Waals surface area contributed by atoms with Gasteiger partial charge in [-0.25, -0.2) is 24.3 Å². The molecule has 1 fully saturated rings. The Kier molecular flexibility index (Phi) is 5.80. The van der Waals surface area contributed by atoms with Crippen LogP contribution in [0.3, 0.4) is 0 Å². The molecule has 1 aromatic carbocycles. The van der Waals surface area contributed by atoms with Gasteiger partial charge in [0.25, 0.3) is 5.91 Å². The zero-order valence-electron chi connectivity index (χ0n) is 18.3. The van der Waals surface area contributed by atoms with Gasteiger partial charge in [-0.3, -0.25) is 4.79 Å². The Bertz CT molecular complexity index is 1340. The highest BCUT2D eigenvalue weighted by atomic mass is 32.1. The minimum absolute atomic E-state index is 0.237. The summed E-state index contributed by atoms with van der Waals surface area (Å²) in [6, 6.07) is 9.08. The largest absolute Gasteiger partial charge is 0.375 e. The van der Waals surface area contributed by atoms with E-state index in [1.165, 1.54) is 11.3 Å². The number of likely N-dealkylation sites (tertiary alicyclic amines) is 1. The Hall–Kier alpha value is -3.70. The van der Waals surface area contributed by atoms with Gasteiger partial charge in [-0.2, -0.15) is 0 Å². The van der Waals surface area contributed by atoms with E-state index in [9.17, 15) is 14.3 Å². The lowest BCUT2D eigenvalue weighted by Crippen LogP contribution is -2.36. The maximum atomic E-state index is 12.5. The quantitative estimate of drug-likeness (QED) is 0.419. The van der Waals surface area contributed by atoms with Crippen LogP contribution in [0, 0.1) is 0 Å². The van der Waals surface area contributed by atoms with E-state index in [1.807, 2.05) is 23.6 Å². The van der Waals surface area contributed by atoms with Crippen LogP contribution in [-0.4, -0.2) is 60.7 Å². The number of nitrogens with zero attached hydrogens (tertiary/aromatic N) is 6. The van der Waals surface area contributed by atoms with Crippen LogP contribution in [0.4, 0.5) is 16.2 Å². The van der Waals surface area contributed by atoms with Gasteiger partial charge in [-0.15, -0.1) is 11.3 Å². The van der Waals surface area contributed by atoms with Crippen LogP contribution in [0.25, 0.3) is 22.0 Å². The smallest absolute Gasteiger partial charge is 0.258 e. The Balaban J connectivity index is 1.37. The van der Waals surface area contributed by atoms with Gasteiger partial charge in [-0.1, -0.05) is 18.2 Å². The number of carbonyl (C=O) groups is 1. The molecule has 174 valence electrons. The zero-order chi connectivity index (χ0) is 23.7. The van der Waals surface area contributed by atoms with Gasteiger partial charge in [0.1, 0.15) is 17.4 Å². The molecule has 0 radical (unpaired) electrons. The van der Waals surface area contributed by atoms with E-state index in [0.717, 1.165) is 10.6 Å². The summed E-state index contributed by atoms with van der Waals surface area (Å²) >= 11 is 1.45. The lowest BCUT2D eigenvalue weighted by atomic mass is 9.91. The van der Waals surface area contributed by atoms with Crippen LogP contribution in [0.1, 0.15) is 12.0 Å². The zero-order valence-corrected chi connectivity index (χ0v) is 19.2. The standard InChI is InChI=1S/C23H22FN7O2S/c1-30-9-6-23(33,21(30)32)16-4-2-3-15(11-16)20-27-18(13-34-20)17-5-8-25-22(28-17)29-19-12-31(10-7-24)14-26-19/h2-5,8,11-14,33H,6-7,9-10H2,1H3,(H,25,28,29). The van der Waals surface area contributed by atoms with Crippen LogP contribution < -0.4 is 5.32 Å². The van der Waals surface area contributed by atoms with Gasteiger partial charge in [0.15, 0.2) is 11.4 Å². The number of alkyl halides is 1. The minimum Gasteiger partial charge on any atom is -0.375 e. The monoisotopic (exact) mass is 479 g/mol. The lowest BCUT2D eigenvalue weighted by molar-refractivity contribution is -0.143. The minimum atomic E-state index is -1.50. The molecule has 1 aliphatic heterocycles. The molecule has 5 rings (SSSR count). The van der Waals surface area contributed by atoms with E-state index < -0.39 is 12.3 Å². The van der Waals surface area contributed by atoms with Crippen molar-refractivity contribution >= 4 is 29.0 Å². The topological polar surface area (TPSA) is 109 Å². The lowest BCUT2D eigenvalue weighted by Gasteiger charge is -2.21. The summed E-state index contributed by atoms with van der Waals surface area (Å²) in [5, 5.41) is 16.6. The van der Waals surface area contributed by atoms with Gasteiger partial charge in [-0.05, 0) is 17.7 Å². The number of rotatable bonds is 7. The molecule has 0 saturated carbocycles. The fraction of sp³-hybridized carbons (Fsp3) is 0.261. The Labute approximate surface area is 199 Å². The van der Waals surface area contributed by atoms with Crippen molar-refractivity contribution in [2.24, 2.45) is 0 Å². The number of benzene rings is 1. The first-order valence-electron chi connectivity index (χ1n) is 10.7. The third-order valence-electron chi connectivity index (χ3n) is 5.73. The normalized spacial score (nSPS) is 18.0. The molecule has 4 heterocycles. The van der Waals surface area contributed by atoms with Crippen LogP contribution in [0.5, 0.6) is 0 Å². The Morgan fingerprint density at radius 1 is 1.24 bits per heavy atom. The molecule has 1 atom stereocenters. The average molecular weight is 480 g/mol. The molecular weight excluding hydrogens is 457 g/mol. The second kappa shape index (κ2) is 8.92. The van der Waals surface area contributed by atoms with Gasteiger partial charge in [0.05, 0.1) is 18.6 Å². The molecule has 0 aliphatic carbocycles. The number of likely N-dealkylation sites (N-methyl/N-ethyl adjacent to an activating group) is 1. The molecule has 2 N–H and O–H groups in total. The first kappa shape index (κ1) is 22.1. The molecule has 4 aromatic rings. The van der Waals surface area contributed by atoms with Gasteiger partial charge in [0, 0.05) is 43.4 Å². The number of halogens is 1. The van der Waals surface area contributed by atoms with Crippen molar-refractivity contribution < 1.29 is 14.3 Å². The van der Waals surface area contributed by atoms with Gasteiger partial charge in [0.2, 0.25) is 5.95 Å². The highest BCUT2D eigenvalue weighted by Gasteiger charge is 2.45. The average Bonchev–Trinajstić information content (AvgIpc) is 3.58. The number of aryl methyl sites for hydroxylation is 1. The number of hydrogen-bond acceptors (Lipinski definition) is 8. The molecule has 1 unspecified atom stereocenters. The third kappa shape index (κ3) is 4.15. The number of thiazole rings is 1. The molecule has 1 aliphatic rings. The number of hydrogen-bond donors (Lipinski definition) is 2. The summed E-state index contributed by atoms with van der Waals surface area (Å²) in [5.74, 6) is 0.581. The van der Waals surface area contributed by atoms with Crippen LogP contribution in [0.2, 0.25) is 0 Å². The van der Waals surface area contributed by atoms with Crippen molar-refractivity contribution in [1.82, 2.24) is 29.4 Å². The van der Waals surface area contributed by atoms with Crippen molar-refractivity contribution in [2.75, 3.05) is 25.6 Å². The number of amides is 1. The van der Waals surface area contributed by atoms with Crippen LogP contribution in [-0.2, 0) is 16.9 Å². The van der Waals surface area contributed by atoms with Crippen LogP contribution in [0.15, 0.2) is 54.4 Å². The first-order chi connectivity index (χ1) is 16.5. The van der Waals surface area contributed by atoms with E-state index >= 15 is 0 Å². The second-order valence-electron chi connectivity index (χ2n) is 8.03. The highest BCUT2D eigenvalue weighted by Crippen LogP contribution is 2.36. The molecule has 1 amide bonds. The highest BCUT2D eigenvalue weighted by molar-refractivity contribution is 7.13. The number of aliphatic hydroxyl groups is 1. The van der Waals surface area contributed by atoms with Crippen molar-refractivity contribution in [1.29, 1.82) is 0 Å². The summed E-state index contributed by atoms with van der Waals surface area (Å²) in [7, 11) is 1.69. The van der Waals surface area contributed by atoms with Crippen LogP contribution >= 0.6 is 11.3 Å². The summed E-state index contributed by atoms with van der Waals surface area (Å²) in [6.45, 7) is 0.283. The SMILES string of the molecule is CN1CCC(O)(c2cccc(-c3nc(-c4ccnc(Nc5cn(CCF)cn5)n4)cs3)c2)C1=O. The van der Waals surface area contributed by atoms with Crippen molar-refractivity contribution in [3.63, 3.8) is 0 Å². The van der Waals surface area contributed by atoms with E-state index in [0.29, 0.717) is 41.7 Å². The molecule has 0 spiro atoms. The molecule has 11 heteroatoms. The summed E-state index contributed by atoms with van der Waals surface area (Å²) in [6.07, 6.45) is 5.21. The second-order valence-corrected chi connectivity index (χ2v) is 8.89. The van der Waals surface area contributed by atoms with E-state index in [-0.39, 0.29) is 12.5 Å². The molecule has 0 bridgehead atoms. The summed E-state index contributed by atoms with van der Waals surface area (Å²) in [4.78, 5) is 31.7. The fourth-order valence-corrected chi connectivity index (χ4v) is 4.69. The number of nitrogens with one attached hydrogen (secondary N) is 1. The fourth-order valence-electron chi connectivity index (χ4n) is 3.88. The third-order valence-corrected chi connectivity index (χ3v) is 6.63. The molecule has 3 aromatic heterocycles. The van der Waals surface area contributed by atoms with Gasteiger partial charge >= 0.3 is 0 Å². The molecule has 9 nitrogen and oxygen atoms in total. The number of aromatic nitrogens is 5. The van der Waals surface area contributed by atoms with E-state index in [1.54, 1.807) is 47.4 Å². The predicted octanol–water partition coefficient (Wildman–Crippen LogP) is 3.23.